The zero-order chi connectivity index (χ0) is 24.3. The van der Waals surface area contributed by atoms with Crippen LogP contribution in [0.25, 0.3) is 0 Å². The van der Waals surface area contributed by atoms with Crippen molar-refractivity contribution in [3.63, 3.8) is 0 Å². The average Bonchev–Trinajstić information content (AvgIpc) is 3.10. The van der Waals surface area contributed by atoms with Gasteiger partial charge in [-0.05, 0) is 69.4 Å². The lowest BCUT2D eigenvalue weighted by atomic mass is 10.0. The number of aromatic nitrogens is 1. The number of aromatic amines is 1. The minimum Gasteiger partial charge on any atom is -0.465 e. The van der Waals surface area contributed by atoms with Gasteiger partial charge in [-0.25, -0.2) is 4.79 Å². The number of Topliss-reactive ketones (excluding diaryl/α,β-unsaturated/α-hetero) is 1. The summed E-state index contributed by atoms with van der Waals surface area (Å²) in [6, 6.07) is 5.45. The maximum atomic E-state index is 12.9. The number of ketones is 1. The van der Waals surface area contributed by atoms with Crippen LogP contribution in [0.15, 0.2) is 18.2 Å². The molecule has 0 saturated carbocycles. The Morgan fingerprint density at radius 2 is 1.91 bits per heavy atom. The molecule has 1 atom stereocenters. The van der Waals surface area contributed by atoms with E-state index in [1.807, 2.05) is 11.8 Å². The first-order valence-electron chi connectivity index (χ1n) is 11.2. The van der Waals surface area contributed by atoms with Crippen molar-refractivity contribution >= 4 is 29.3 Å². The minimum atomic E-state index is -0.606. The molecule has 0 spiro atoms. The molecule has 1 aliphatic rings. The second-order valence-corrected chi connectivity index (χ2v) is 8.62. The van der Waals surface area contributed by atoms with Crippen LogP contribution in [-0.2, 0) is 16.0 Å². The van der Waals surface area contributed by atoms with Crippen molar-refractivity contribution in [1.29, 1.82) is 0 Å². The fourth-order valence-electron chi connectivity index (χ4n) is 4.38. The Bertz CT molecular complexity index is 1100. The zero-order valence-corrected chi connectivity index (χ0v) is 19.8. The Morgan fingerprint density at radius 1 is 1.18 bits per heavy atom. The van der Waals surface area contributed by atoms with Crippen molar-refractivity contribution in [2.24, 2.45) is 0 Å². The van der Waals surface area contributed by atoms with Crippen molar-refractivity contribution in [3.05, 3.63) is 51.8 Å². The van der Waals surface area contributed by atoms with Crippen LogP contribution < -0.4 is 5.32 Å². The molecule has 176 valence electrons. The van der Waals surface area contributed by atoms with Gasteiger partial charge in [0.05, 0.1) is 24.8 Å². The quantitative estimate of drug-likeness (QED) is 0.511. The number of hydrogen-bond donors (Lipinski definition) is 2. The molecule has 2 aromatic rings. The van der Waals surface area contributed by atoms with Crippen molar-refractivity contribution in [2.75, 3.05) is 19.0 Å². The number of likely N-dealkylation sites (tertiary alicyclic amines) is 1. The summed E-state index contributed by atoms with van der Waals surface area (Å²) in [7, 11) is 1.25. The largest absolute Gasteiger partial charge is 0.465 e. The molecule has 0 aliphatic carbocycles. The first-order valence-corrected chi connectivity index (χ1v) is 11.2. The predicted molar refractivity (Wildman–Crippen MR) is 125 cm³/mol. The van der Waals surface area contributed by atoms with E-state index >= 15 is 0 Å². The molecule has 0 bridgehead atoms. The smallest absolute Gasteiger partial charge is 0.339 e. The van der Waals surface area contributed by atoms with Gasteiger partial charge in [0.15, 0.2) is 5.78 Å². The number of ether oxygens (including phenoxy) is 1. The van der Waals surface area contributed by atoms with E-state index in [1.165, 1.54) is 14.0 Å². The van der Waals surface area contributed by atoms with Gasteiger partial charge in [-0.1, -0.05) is 0 Å². The third-order valence-electron chi connectivity index (χ3n) is 6.22. The highest BCUT2D eigenvalue weighted by Crippen LogP contribution is 2.24. The van der Waals surface area contributed by atoms with E-state index in [0.29, 0.717) is 22.5 Å². The SMILES string of the molecule is COC(=O)c1c(CC(=O)Nc2ccc(C(=O)N3CCCCC3C)cc2C)[nH]c(C(C)=O)c1C. The highest BCUT2D eigenvalue weighted by atomic mass is 16.5. The summed E-state index contributed by atoms with van der Waals surface area (Å²) in [5.74, 6) is -1.19. The summed E-state index contributed by atoms with van der Waals surface area (Å²) in [5.41, 5.74) is 3.21. The molecular formula is C25H31N3O5. The Balaban J connectivity index is 1.76. The van der Waals surface area contributed by atoms with Gasteiger partial charge in [-0.3, -0.25) is 14.4 Å². The van der Waals surface area contributed by atoms with Crippen LogP contribution in [0, 0.1) is 13.8 Å². The first-order chi connectivity index (χ1) is 15.6. The highest BCUT2D eigenvalue weighted by Gasteiger charge is 2.26. The summed E-state index contributed by atoms with van der Waals surface area (Å²) in [5, 5.41) is 2.83. The summed E-state index contributed by atoms with van der Waals surface area (Å²) in [4.78, 5) is 54.6. The molecule has 3 rings (SSSR count). The summed E-state index contributed by atoms with van der Waals surface area (Å²) >= 11 is 0. The van der Waals surface area contributed by atoms with Crippen LogP contribution in [0.4, 0.5) is 5.69 Å². The Hall–Kier alpha value is -3.42. The van der Waals surface area contributed by atoms with Crippen molar-refractivity contribution in [2.45, 2.75) is 59.4 Å². The van der Waals surface area contributed by atoms with Crippen LogP contribution in [0.3, 0.4) is 0 Å². The van der Waals surface area contributed by atoms with Gasteiger partial charge in [0, 0.05) is 36.5 Å². The average molecular weight is 454 g/mol. The molecule has 1 aromatic carbocycles. The number of H-pyrrole nitrogens is 1. The number of methoxy groups -OCH3 is 1. The monoisotopic (exact) mass is 453 g/mol. The number of piperidine rings is 1. The number of aryl methyl sites for hydroxylation is 1. The number of nitrogens with one attached hydrogen (secondary N) is 2. The molecule has 1 saturated heterocycles. The zero-order valence-electron chi connectivity index (χ0n) is 19.8. The van der Waals surface area contributed by atoms with Crippen LogP contribution in [0.1, 0.15) is 81.1 Å². The van der Waals surface area contributed by atoms with Gasteiger partial charge in [0.1, 0.15) is 0 Å². The van der Waals surface area contributed by atoms with Crippen LogP contribution in [0.2, 0.25) is 0 Å². The van der Waals surface area contributed by atoms with Gasteiger partial charge in [-0.2, -0.15) is 0 Å². The second-order valence-electron chi connectivity index (χ2n) is 8.62. The normalized spacial score (nSPS) is 15.8. The van der Waals surface area contributed by atoms with Crippen molar-refractivity contribution in [3.8, 4) is 0 Å². The summed E-state index contributed by atoms with van der Waals surface area (Å²) in [6.07, 6.45) is 3.03. The number of esters is 1. The number of amides is 2. The molecule has 2 heterocycles. The molecule has 2 amide bonds. The van der Waals surface area contributed by atoms with Gasteiger partial charge < -0.3 is 19.9 Å². The van der Waals surface area contributed by atoms with Gasteiger partial charge in [-0.15, -0.1) is 0 Å². The van der Waals surface area contributed by atoms with E-state index in [2.05, 4.69) is 17.2 Å². The van der Waals surface area contributed by atoms with Gasteiger partial charge >= 0.3 is 5.97 Å². The topological polar surface area (TPSA) is 109 Å². The molecule has 8 nitrogen and oxygen atoms in total. The van der Waals surface area contributed by atoms with E-state index < -0.39 is 5.97 Å². The van der Waals surface area contributed by atoms with Crippen LogP contribution in [-0.4, -0.2) is 53.1 Å². The van der Waals surface area contributed by atoms with Crippen molar-refractivity contribution < 1.29 is 23.9 Å². The number of benzene rings is 1. The van der Waals surface area contributed by atoms with Crippen LogP contribution >= 0.6 is 0 Å². The molecule has 8 heteroatoms. The van der Waals surface area contributed by atoms with Crippen LogP contribution in [0.5, 0.6) is 0 Å². The fourth-order valence-corrected chi connectivity index (χ4v) is 4.38. The number of carbonyl (C=O) groups excluding carboxylic acids is 4. The molecule has 1 aliphatic heterocycles. The first kappa shape index (κ1) is 24.2. The van der Waals surface area contributed by atoms with E-state index in [4.69, 9.17) is 4.74 Å². The van der Waals surface area contributed by atoms with Gasteiger partial charge in [0.2, 0.25) is 5.91 Å². The molecule has 33 heavy (non-hydrogen) atoms. The molecule has 0 radical (unpaired) electrons. The second kappa shape index (κ2) is 10.0. The van der Waals surface area contributed by atoms with E-state index in [9.17, 15) is 19.2 Å². The molecule has 1 fully saturated rings. The number of rotatable bonds is 6. The maximum Gasteiger partial charge on any atom is 0.339 e. The van der Waals surface area contributed by atoms with E-state index in [-0.39, 0.29) is 41.3 Å². The molecular weight excluding hydrogens is 422 g/mol. The lowest BCUT2D eigenvalue weighted by Gasteiger charge is -2.33. The predicted octanol–water partition coefficient (Wildman–Crippen LogP) is 3.82. The number of anilines is 1. The standard InChI is InChI=1S/C25H31N3O5/c1-14-12-18(24(31)28-11-7-6-8-15(28)2)9-10-19(14)26-21(30)13-20-22(25(32)33-5)16(3)23(27-20)17(4)29/h9-10,12,15,27H,6-8,11,13H2,1-5H3,(H,26,30). The number of carbonyl (C=O) groups is 4. The highest BCUT2D eigenvalue weighted by molar-refractivity contribution is 6.02. The minimum absolute atomic E-state index is 0.00418. The lowest BCUT2D eigenvalue weighted by Crippen LogP contribution is -2.42. The Kier molecular flexibility index (Phi) is 7.36. The fraction of sp³-hybridized carbons (Fsp3) is 0.440. The third kappa shape index (κ3) is 5.16. The van der Waals surface area contributed by atoms with E-state index in [0.717, 1.165) is 31.4 Å². The number of hydrogen-bond acceptors (Lipinski definition) is 5. The van der Waals surface area contributed by atoms with Gasteiger partial charge in [0.25, 0.3) is 5.91 Å². The molecule has 1 unspecified atom stereocenters. The molecule has 1 aromatic heterocycles. The lowest BCUT2D eigenvalue weighted by molar-refractivity contribution is -0.115. The third-order valence-corrected chi connectivity index (χ3v) is 6.22. The van der Waals surface area contributed by atoms with E-state index in [1.54, 1.807) is 25.1 Å². The Morgan fingerprint density at radius 3 is 2.52 bits per heavy atom. The maximum absolute atomic E-state index is 12.9. The van der Waals surface area contributed by atoms with Crippen molar-refractivity contribution in [1.82, 2.24) is 9.88 Å². The Labute approximate surface area is 193 Å². The summed E-state index contributed by atoms with van der Waals surface area (Å²) < 4.78 is 4.83. The number of nitrogens with zero attached hydrogens (tertiary/aromatic N) is 1. The molecule has 2 N–H and O–H groups in total. The summed E-state index contributed by atoms with van der Waals surface area (Å²) in [6.45, 7) is 7.70.